The van der Waals surface area contributed by atoms with E-state index >= 15 is 0 Å². The lowest BCUT2D eigenvalue weighted by Gasteiger charge is -2.19. The van der Waals surface area contributed by atoms with Gasteiger partial charge in [-0.05, 0) is 40.2 Å². The van der Waals surface area contributed by atoms with E-state index < -0.39 is 17.7 Å². The second-order valence-corrected chi connectivity index (χ2v) is 5.49. The van der Waals surface area contributed by atoms with E-state index in [4.69, 9.17) is 14.2 Å². The zero-order valence-corrected chi connectivity index (χ0v) is 14.3. The van der Waals surface area contributed by atoms with Gasteiger partial charge in [0.2, 0.25) is 0 Å². The Kier molecular flexibility index (Phi) is 9.17. The number of rotatable bonds is 7. The van der Waals surface area contributed by atoms with Crippen LogP contribution in [0, 0.1) is 0 Å². The van der Waals surface area contributed by atoms with Crippen LogP contribution in [0.2, 0.25) is 0 Å². The summed E-state index contributed by atoms with van der Waals surface area (Å²) in [5.41, 5.74) is 0.696. The van der Waals surface area contributed by atoms with Crippen LogP contribution in [-0.4, -0.2) is 44.5 Å². The van der Waals surface area contributed by atoms with Crippen LogP contribution < -0.4 is 5.32 Å². The molecule has 0 aliphatic carbocycles. The molecule has 0 aliphatic rings. The summed E-state index contributed by atoms with van der Waals surface area (Å²) in [6.07, 6.45) is 3.00. The smallest absolute Gasteiger partial charge is 0.407 e. The predicted molar refractivity (Wildman–Crippen MR) is 84.6 cm³/mol. The maximum absolute atomic E-state index is 11.6. The van der Waals surface area contributed by atoms with E-state index in [1.165, 1.54) is 7.11 Å². The second-order valence-electron chi connectivity index (χ2n) is 5.49. The molecule has 0 fully saturated rings. The molecule has 0 rings (SSSR count). The second kappa shape index (κ2) is 10.00. The Labute approximate surface area is 132 Å². The van der Waals surface area contributed by atoms with Gasteiger partial charge >= 0.3 is 12.1 Å². The van der Waals surface area contributed by atoms with Crippen LogP contribution >= 0.6 is 0 Å². The highest BCUT2D eigenvalue weighted by Crippen LogP contribution is 2.12. The largest absolute Gasteiger partial charge is 0.465 e. The van der Waals surface area contributed by atoms with Gasteiger partial charge in [0.05, 0.1) is 25.9 Å². The van der Waals surface area contributed by atoms with Crippen molar-refractivity contribution >= 4 is 12.1 Å². The molecular formula is C16H27NO5. The molecule has 0 atom stereocenters. The van der Waals surface area contributed by atoms with Gasteiger partial charge in [-0.15, -0.1) is 0 Å². The third-order valence-electron chi connectivity index (χ3n) is 2.56. The van der Waals surface area contributed by atoms with E-state index in [0.29, 0.717) is 18.7 Å². The number of esters is 1. The topological polar surface area (TPSA) is 73.9 Å². The van der Waals surface area contributed by atoms with Crippen LogP contribution in [0.4, 0.5) is 4.79 Å². The fourth-order valence-corrected chi connectivity index (χ4v) is 1.58. The first-order valence-corrected chi connectivity index (χ1v) is 7.20. The minimum Gasteiger partial charge on any atom is -0.465 e. The van der Waals surface area contributed by atoms with E-state index in [-0.39, 0.29) is 6.61 Å². The minimum absolute atomic E-state index is 0.265. The number of ether oxygens (including phenoxy) is 3. The molecule has 22 heavy (non-hydrogen) atoms. The van der Waals surface area contributed by atoms with E-state index in [9.17, 15) is 9.59 Å². The third kappa shape index (κ3) is 8.46. The molecule has 0 heterocycles. The van der Waals surface area contributed by atoms with E-state index in [2.05, 4.69) is 5.32 Å². The van der Waals surface area contributed by atoms with Gasteiger partial charge in [-0.1, -0.05) is 12.2 Å². The average Bonchev–Trinajstić information content (AvgIpc) is 2.43. The summed E-state index contributed by atoms with van der Waals surface area (Å²) in [6, 6.07) is 0. The first-order chi connectivity index (χ1) is 10.2. The molecular weight excluding hydrogens is 286 g/mol. The Hall–Kier alpha value is -1.82. The zero-order valence-electron chi connectivity index (χ0n) is 14.3. The number of hydrogen-bond acceptors (Lipinski definition) is 5. The molecule has 0 saturated carbocycles. The molecule has 0 aromatic carbocycles. The normalized spacial score (nSPS) is 12.8. The number of allylic oxidation sites excluding steroid dienone is 2. The molecule has 0 spiro atoms. The van der Waals surface area contributed by atoms with Crippen molar-refractivity contribution in [1.29, 1.82) is 0 Å². The highest BCUT2D eigenvalue weighted by Gasteiger charge is 2.16. The molecule has 1 N–H and O–H groups in total. The lowest BCUT2D eigenvalue weighted by Crippen LogP contribution is -2.34. The highest BCUT2D eigenvalue weighted by atomic mass is 16.6. The Morgan fingerprint density at radius 1 is 1.14 bits per heavy atom. The number of nitrogens with one attached hydrogen (secondary N) is 1. The lowest BCUT2D eigenvalue weighted by molar-refractivity contribution is -0.135. The van der Waals surface area contributed by atoms with Gasteiger partial charge in [0, 0.05) is 6.54 Å². The SMILES string of the molecule is C/C=C(COCCNC(=O)OC(C)(C)C)\C(=C/C)C(=O)OC. The summed E-state index contributed by atoms with van der Waals surface area (Å²) < 4.78 is 15.3. The fraction of sp³-hybridized carbons (Fsp3) is 0.625. The summed E-state index contributed by atoms with van der Waals surface area (Å²) in [6.45, 7) is 9.89. The molecule has 0 aromatic rings. The summed E-state index contributed by atoms with van der Waals surface area (Å²) in [4.78, 5) is 23.0. The quantitative estimate of drug-likeness (QED) is 0.338. The maximum Gasteiger partial charge on any atom is 0.407 e. The highest BCUT2D eigenvalue weighted by molar-refractivity contribution is 5.93. The van der Waals surface area contributed by atoms with Crippen molar-refractivity contribution in [3.05, 3.63) is 23.3 Å². The zero-order chi connectivity index (χ0) is 17.2. The molecule has 0 aliphatic heterocycles. The summed E-state index contributed by atoms with van der Waals surface area (Å²) in [5.74, 6) is -0.397. The first-order valence-electron chi connectivity index (χ1n) is 7.20. The van der Waals surface area contributed by atoms with Crippen molar-refractivity contribution in [3.8, 4) is 0 Å². The van der Waals surface area contributed by atoms with Crippen molar-refractivity contribution in [3.63, 3.8) is 0 Å². The molecule has 0 saturated heterocycles. The van der Waals surface area contributed by atoms with Crippen molar-refractivity contribution < 1.29 is 23.8 Å². The number of carbonyl (C=O) groups excluding carboxylic acids is 2. The van der Waals surface area contributed by atoms with Crippen LogP contribution in [0.3, 0.4) is 0 Å². The lowest BCUT2D eigenvalue weighted by atomic mass is 10.1. The van der Waals surface area contributed by atoms with Gasteiger partial charge in [0.25, 0.3) is 0 Å². The number of methoxy groups -OCH3 is 1. The van der Waals surface area contributed by atoms with Crippen LogP contribution in [0.1, 0.15) is 34.6 Å². The van der Waals surface area contributed by atoms with Crippen LogP contribution in [0.5, 0.6) is 0 Å². The van der Waals surface area contributed by atoms with Gasteiger partial charge < -0.3 is 19.5 Å². The monoisotopic (exact) mass is 313 g/mol. The Bertz CT molecular complexity index is 432. The Morgan fingerprint density at radius 2 is 1.77 bits per heavy atom. The number of carbonyl (C=O) groups is 2. The van der Waals surface area contributed by atoms with E-state index in [1.807, 2.05) is 6.92 Å². The van der Waals surface area contributed by atoms with E-state index in [0.717, 1.165) is 5.57 Å². The number of hydrogen-bond donors (Lipinski definition) is 1. The molecule has 0 aromatic heterocycles. The van der Waals surface area contributed by atoms with Crippen LogP contribution in [0.15, 0.2) is 23.3 Å². The Balaban J connectivity index is 4.14. The molecule has 0 radical (unpaired) electrons. The number of amides is 1. The predicted octanol–water partition coefficient (Wildman–Crippen LogP) is 2.59. The molecule has 0 bridgehead atoms. The Morgan fingerprint density at radius 3 is 2.23 bits per heavy atom. The first kappa shape index (κ1) is 20.2. The van der Waals surface area contributed by atoms with Gasteiger partial charge in [0.15, 0.2) is 0 Å². The summed E-state index contributed by atoms with van der Waals surface area (Å²) >= 11 is 0. The standard InChI is InChI=1S/C16H27NO5/c1-7-12(13(8-2)14(18)20-6)11-21-10-9-17-15(19)22-16(3,4)5/h7-8H,9-11H2,1-6H3,(H,17,19)/b12-7-,13-8+. The van der Waals surface area contributed by atoms with Gasteiger partial charge in [-0.2, -0.15) is 0 Å². The van der Waals surface area contributed by atoms with Crippen LogP contribution in [0.25, 0.3) is 0 Å². The van der Waals surface area contributed by atoms with Crippen molar-refractivity contribution in [2.45, 2.75) is 40.2 Å². The molecule has 126 valence electrons. The molecule has 6 nitrogen and oxygen atoms in total. The van der Waals surface area contributed by atoms with Crippen molar-refractivity contribution in [2.75, 3.05) is 26.9 Å². The van der Waals surface area contributed by atoms with E-state index in [1.54, 1.807) is 39.8 Å². The third-order valence-corrected chi connectivity index (χ3v) is 2.56. The fourth-order valence-electron chi connectivity index (χ4n) is 1.58. The van der Waals surface area contributed by atoms with Crippen molar-refractivity contribution in [2.24, 2.45) is 0 Å². The maximum atomic E-state index is 11.6. The van der Waals surface area contributed by atoms with Gasteiger partial charge in [-0.25, -0.2) is 9.59 Å². The summed E-state index contributed by atoms with van der Waals surface area (Å²) in [5, 5.41) is 2.60. The number of alkyl carbamates (subject to hydrolysis) is 1. The average molecular weight is 313 g/mol. The molecule has 1 amide bonds. The minimum atomic E-state index is -0.523. The van der Waals surface area contributed by atoms with Crippen molar-refractivity contribution in [1.82, 2.24) is 5.32 Å². The summed E-state index contributed by atoms with van der Waals surface area (Å²) in [7, 11) is 1.34. The van der Waals surface area contributed by atoms with Gasteiger partial charge in [0.1, 0.15) is 5.60 Å². The van der Waals surface area contributed by atoms with Gasteiger partial charge in [-0.3, -0.25) is 0 Å². The molecule has 0 unspecified atom stereocenters. The molecule has 6 heteroatoms. The van der Waals surface area contributed by atoms with Crippen LogP contribution in [-0.2, 0) is 19.0 Å².